The van der Waals surface area contributed by atoms with Gasteiger partial charge in [-0.3, -0.25) is 0 Å². The van der Waals surface area contributed by atoms with E-state index in [1.165, 1.54) is 17.8 Å². The summed E-state index contributed by atoms with van der Waals surface area (Å²) in [5, 5.41) is 9.95. The molecule has 3 heteroatoms. The molecule has 0 fully saturated rings. The van der Waals surface area contributed by atoms with Crippen LogP contribution in [0.25, 0.3) is 0 Å². The third kappa shape index (κ3) is 2.92. The molecule has 0 radical (unpaired) electrons. The van der Waals surface area contributed by atoms with E-state index in [9.17, 15) is 9.50 Å². The molecule has 0 bridgehead atoms. The van der Waals surface area contributed by atoms with Crippen molar-refractivity contribution in [3.8, 4) is 0 Å². The maximum Gasteiger partial charge on any atom is 0.137 e. The van der Waals surface area contributed by atoms with Gasteiger partial charge in [-0.25, -0.2) is 4.39 Å². The number of hydrogen-bond acceptors (Lipinski definition) is 2. The summed E-state index contributed by atoms with van der Waals surface area (Å²) < 4.78 is 13.6. The van der Waals surface area contributed by atoms with E-state index in [-0.39, 0.29) is 5.82 Å². The molecular formula is C15H15FOS. The maximum absolute atomic E-state index is 13.6. The van der Waals surface area contributed by atoms with Crippen LogP contribution >= 0.6 is 11.8 Å². The fourth-order valence-electron chi connectivity index (χ4n) is 1.71. The lowest BCUT2D eigenvalue weighted by Crippen LogP contribution is -1.97. The number of benzene rings is 2. The number of halogens is 1. The zero-order valence-corrected chi connectivity index (χ0v) is 11.0. The average Bonchev–Trinajstić information content (AvgIpc) is 2.41. The minimum Gasteiger partial charge on any atom is -0.388 e. The highest BCUT2D eigenvalue weighted by atomic mass is 32.2. The van der Waals surface area contributed by atoms with Gasteiger partial charge >= 0.3 is 0 Å². The first kappa shape index (κ1) is 13.1. The Morgan fingerprint density at radius 2 is 1.67 bits per heavy atom. The lowest BCUT2D eigenvalue weighted by Gasteiger charge is -2.13. The van der Waals surface area contributed by atoms with Crippen molar-refractivity contribution in [2.45, 2.75) is 29.2 Å². The van der Waals surface area contributed by atoms with E-state index >= 15 is 0 Å². The summed E-state index contributed by atoms with van der Waals surface area (Å²) >= 11 is 1.35. The number of rotatable bonds is 4. The van der Waals surface area contributed by atoms with Crippen molar-refractivity contribution in [1.82, 2.24) is 0 Å². The fourth-order valence-corrected chi connectivity index (χ4v) is 2.73. The van der Waals surface area contributed by atoms with Gasteiger partial charge in [0.2, 0.25) is 0 Å². The van der Waals surface area contributed by atoms with Gasteiger partial charge in [0.1, 0.15) is 5.82 Å². The zero-order chi connectivity index (χ0) is 13.0. The topological polar surface area (TPSA) is 20.2 Å². The Kier molecular flexibility index (Phi) is 4.39. The molecule has 1 N–H and O–H groups in total. The van der Waals surface area contributed by atoms with E-state index in [2.05, 4.69) is 0 Å². The van der Waals surface area contributed by atoms with E-state index in [1.54, 1.807) is 12.1 Å². The van der Waals surface area contributed by atoms with Crippen LogP contribution in [0.15, 0.2) is 58.3 Å². The molecule has 1 nitrogen and oxygen atoms in total. The van der Waals surface area contributed by atoms with Gasteiger partial charge in [0.05, 0.1) is 6.10 Å². The molecule has 94 valence electrons. The van der Waals surface area contributed by atoms with Gasteiger partial charge in [-0.2, -0.15) is 0 Å². The predicted octanol–water partition coefficient (Wildman–Crippen LogP) is 4.42. The summed E-state index contributed by atoms with van der Waals surface area (Å²) in [7, 11) is 0. The minimum absolute atomic E-state index is 0.233. The van der Waals surface area contributed by atoms with Crippen LogP contribution in [-0.4, -0.2) is 5.11 Å². The Morgan fingerprint density at radius 3 is 2.33 bits per heavy atom. The van der Waals surface area contributed by atoms with Gasteiger partial charge < -0.3 is 5.11 Å². The SMILES string of the molecule is CCC(O)c1ccccc1Sc1ccccc1F. The largest absolute Gasteiger partial charge is 0.388 e. The lowest BCUT2D eigenvalue weighted by molar-refractivity contribution is 0.171. The van der Waals surface area contributed by atoms with Crippen molar-refractivity contribution in [3.63, 3.8) is 0 Å². The van der Waals surface area contributed by atoms with E-state index in [0.29, 0.717) is 11.3 Å². The Bertz CT molecular complexity index is 527. The molecule has 0 aliphatic rings. The molecular weight excluding hydrogens is 247 g/mol. The Morgan fingerprint density at radius 1 is 1.06 bits per heavy atom. The van der Waals surface area contributed by atoms with Gasteiger partial charge in [0.25, 0.3) is 0 Å². The molecule has 0 saturated heterocycles. The standard InChI is InChI=1S/C15H15FOS/c1-2-13(17)11-7-3-5-9-14(11)18-15-10-6-4-8-12(15)16/h3-10,13,17H,2H2,1H3. The highest BCUT2D eigenvalue weighted by molar-refractivity contribution is 7.99. The Labute approximate surface area is 111 Å². The predicted molar refractivity (Wildman–Crippen MR) is 72.2 cm³/mol. The van der Waals surface area contributed by atoms with Crippen molar-refractivity contribution in [2.24, 2.45) is 0 Å². The van der Waals surface area contributed by atoms with E-state index < -0.39 is 6.10 Å². The quantitative estimate of drug-likeness (QED) is 0.880. The van der Waals surface area contributed by atoms with Gasteiger partial charge in [-0.15, -0.1) is 0 Å². The smallest absolute Gasteiger partial charge is 0.137 e. The molecule has 18 heavy (non-hydrogen) atoms. The molecule has 2 aromatic rings. The van der Waals surface area contributed by atoms with Crippen LogP contribution in [0.1, 0.15) is 25.0 Å². The molecule has 0 spiro atoms. The third-order valence-corrected chi connectivity index (χ3v) is 3.86. The molecule has 2 aromatic carbocycles. The third-order valence-electron chi connectivity index (χ3n) is 2.72. The van der Waals surface area contributed by atoms with E-state index in [0.717, 1.165) is 10.5 Å². The van der Waals surface area contributed by atoms with Crippen LogP contribution in [0.5, 0.6) is 0 Å². The van der Waals surface area contributed by atoms with E-state index in [1.807, 2.05) is 37.3 Å². The van der Waals surface area contributed by atoms with Crippen molar-refractivity contribution in [2.75, 3.05) is 0 Å². The summed E-state index contributed by atoms with van der Waals surface area (Å²) in [6.07, 6.45) is 0.148. The molecule has 0 amide bonds. The summed E-state index contributed by atoms with van der Waals surface area (Å²) in [6.45, 7) is 1.93. The van der Waals surface area contributed by atoms with Crippen LogP contribution in [0.4, 0.5) is 4.39 Å². The zero-order valence-electron chi connectivity index (χ0n) is 10.1. The number of aliphatic hydroxyl groups is 1. The van der Waals surface area contributed by atoms with Crippen LogP contribution in [0, 0.1) is 5.82 Å². The van der Waals surface area contributed by atoms with Gasteiger partial charge in [0, 0.05) is 9.79 Å². The van der Waals surface area contributed by atoms with Gasteiger partial charge in [-0.1, -0.05) is 49.0 Å². The number of aliphatic hydroxyl groups excluding tert-OH is 1. The second kappa shape index (κ2) is 6.03. The van der Waals surface area contributed by atoms with Gasteiger partial charge in [0.15, 0.2) is 0 Å². The molecule has 0 saturated carbocycles. The molecule has 0 heterocycles. The molecule has 1 atom stereocenters. The van der Waals surface area contributed by atoms with Crippen LogP contribution in [-0.2, 0) is 0 Å². The molecule has 1 unspecified atom stereocenters. The van der Waals surface area contributed by atoms with Crippen molar-refractivity contribution >= 4 is 11.8 Å². The maximum atomic E-state index is 13.6. The lowest BCUT2D eigenvalue weighted by atomic mass is 10.1. The monoisotopic (exact) mass is 262 g/mol. The average molecular weight is 262 g/mol. The highest BCUT2D eigenvalue weighted by Gasteiger charge is 2.12. The van der Waals surface area contributed by atoms with Crippen molar-refractivity contribution in [1.29, 1.82) is 0 Å². The van der Waals surface area contributed by atoms with Crippen LogP contribution in [0.2, 0.25) is 0 Å². The van der Waals surface area contributed by atoms with Gasteiger partial charge in [-0.05, 0) is 30.2 Å². The summed E-state index contributed by atoms with van der Waals surface area (Å²) in [4.78, 5) is 1.48. The first-order valence-corrected chi connectivity index (χ1v) is 6.73. The molecule has 0 aliphatic heterocycles. The Hall–Kier alpha value is -1.32. The Balaban J connectivity index is 2.32. The second-order valence-electron chi connectivity index (χ2n) is 3.99. The summed E-state index contributed by atoms with van der Waals surface area (Å²) in [5.74, 6) is -0.233. The summed E-state index contributed by atoms with van der Waals surface area (Å²) in [6, 6.07) is 14.3. The highest BCUT2D eigenvalue weighted by Crippen LogP contribution is 2.35. The fraction of sp³-hybridized carbons (Fsp3) is 0.200. The van der Waals surface area contributed by atoms with Crippen LogP contribution in [0.3, 0.4) is 0 Å². The molecule has 2 rings (SSSR count). The number of hydrogen-bond donors (Lipinski definition) is 1. The molecule has 0 aromatic heterocycles. The van der Waals surface area contributed by atoms with Crippen molar-refractivity contribution < 1.29 is 9.50 Å². The van der Waals surface area contributed by atoms with Crippen molar-refractivity contribution in [3.05, 3.63) is 59.9 Å². The normalized spacial score (nSPS) is 12.4. The van der Waals surface area contributed by atoms with Crippen LogP contribution < -0.4 is 0 Å². The second-order valence-corrected chi connectivity index (χ2v) is 5.08. The minimum atomic E-state index is -0.500. The first-order valence-electron chi connectivity index (χ1n) is 5.91. The summed E-state index contributed by atoms with van der Waals surface area (Å²) in [5.41, 5.74) is 0.855. The van der Waals surface area contributed by atoms with E-state index in [4.69, 9.17) is 0 Å². The first-order chi connectivity index (χ1) is 8.72. The molecule has 0 aliphatic carbocycles.